The first kappa shape index (κ1) is 16.4. The molecule has 2 N–H and O–H groups in total. The van der Waals surface area contributed by atoms with E-state index in [1.54, 1.807) is 0 Å². The summed E-state index contributed by atoms with van der Waals surface area (Å²) in [5, 5.41) is 6.58. The molecule has 0 aliphatic carbocycles. The summed E-state index contributed by atoms with van der Waals surface area (Å²) in [7, 11) is 0. The van der Waals surface area contributed by atoms with Crippen molar-refractivity contribution >= 4 is 5.97 Å². The van der Waals surface area contributed by atoms with Crippen molar-refractivity contribution in [2.75, 3.05) is 19.6 Å². The van der Waals surface area contributed by atoms with Gasteiger partial charge >= 0.3 is 5.97 Å². The van der Waals surface area contributed by atoms with Crippen molar-refractivity contribution in [1.82, 2.24) is 10.6 Å². The van der Waals surface area contributed by atoms with Gasteiger partial charge in [-0.2, -0.15) is 0 Å². The lowest BCUT2D eigenvalue weighted by Gasteiger charge is -2.19. The average molecular weight is 244 g/mol. The zero-order valence-corrected chi connectivity index (χ0v) is 11.9. The quantitative estimate of drug-likeness (QED) is 0.504. The van der Waals surface area contributed by atoms with Crippen LogP contribution in [-0.4, -0.2) is 37.2 Å². The van der Waals surface area contributed by atoms with E-state index in [0.717, 1.165) is 19.5 Å². The minimum absolute atomic E-state index is 0.134. The predicted molar refractivity (Wildman–Crippen MR) is 71.1 cm³/mol. The minimum atomic E-state index is -0.377. The van der Waals surface area contributed by atoms with Gasteiger partial charge < -0.3 is 15.4 Å². The monoisotopic (exact) mass is 244 g/mol. The van der Waals surface area contributed by atoms with Crippen molar-refractivity contribution in [3.63, 3.8) is 0 Å². The van der Waals surface area contributed by atoms with Crippen LogP contribution in [0, 0.1) is 0 Å². The maximum absolute atomic E-state index is 11.4. The van der Waals surface area contributed by atoms with E-state index in [1.165, 1.54) is 0 Å². The van der Waals surface area contributed by atoms with Gasteiger partial charge in [-0.25, -0.2) is 0 Å². The van der Waals surface area contributed by atoms with Crippen LogP contribution in [0.15, 0.2) is 0 Å². The Morgan fingerprint density at radius 2 is 1.82 bits per heavy atom. The summed E-state index contributed by atoms with van der Waals surface area (Å²) in [6.07, 6.45) is 1.52. The minimum Gasteiger partial charge on any atom is -0.460 e. The largest absolute Gasteiger partial charge is 0.460 e. The lowest BCUT2D eigenvalue weighted by Crippen LogP contribution is -2.29. The Hall–Kier alpha value is -0.610. The van der Waals surface area contributed by atoms with E-state index in [9.17, 15) is 4.79 Å². The van der Waals surface area contributed by atoms with E-state index in [-0.39, 0.29) is 11.6 Å². The Morgan fingerprint density at radius 3 is 2.35 bits per heavy atom. The smallest absolute Gasteiger partial charge is 0.307 e. The summed E-state index contributed by atoms with van der Waals surface area (Å²) in [5.41, 5.74) is -0.377. The Kier molecular flexibility index (Phi) is 8.17. The molecule has 0 bridgehead atoms. The van der Waals surface area contributed by atoms with E-state index in [4.69, 9.17) is 4.74 Å². The van der Waals surface area contributed by atoms with Gasteiger partial charge in [0.15, 0.2) is 0 Å². The molecule has 0 aromatic rings. The molecule has 0 saturated heterocycles. The molecule has 0 aliphatic rings. The molecule has 0 aliphatic heterocycles. The van der Waals surface area contributed by atoms with Crippen molar-refractivity contribution in [2.45, 2.75) is 59.1 Å². The number of nitrogens with one attached hydrogen (secondary N) is 2. The SMILES string of the molecule is CC(C)NCCCNCCC(=O)OC(C)(C)C. The van der Waals surface area contributed by atoms with E-state index in [1.807, 2.05) is 20.8 Å². The van der Waals surface area contributed by atoms with Gasteiger partial charge in [0, 0.05) is 12.6 Å². The highest BCUT2D eigenvalue weighted by atomic mass is 16.6. The molecule has 0 unspecified atom stereocenters. The number of hydrogen-bond acceptors (Lipinski definition) is 4. The molecular weight excluding hydrogens is 216 g/mol. The number of rotatable bonds is 8. The number of esters is 1. The Bertz CT molecular complexity index is 210. The first-order valence-corrected chi connectivity index (χ1v) is 6.47. The predicted octanol–water partition coefficient (Wildman–Crippen LogP) is 1.70. The fourth-order valence-corrected chi connectivity index (χ4v) is 1.31. The third-order valence-electron chi connectivity index (χ3n) is 2.01. The Morgan fingerprint density at radius 1 is 1.18 bits per heavy atom. The number of carbonyl (C=O) groups is 1. The van der Waals surface area contributed by atoms with Crippen LogP contribution in [0.1, 0.15) is 47.5 Å². The molecule has 0 aromatic heterocycles. The molecule has 0 heterocycles. The van der Waals surface area contributed by atoms with Crippen molar-refractivity contribution in [2.24, 2.45) is 0 Å². The molecule has 0 spiro atoms. The summed E-state index contributed by atoms with van der Waals surface area (Å²) < 4.78 is 5.21. The number of ether oxygens (including phenoxy) is 1. The highest BCUT2D eigenvalue weighted by Gasteiger charge is 2.15. The number of carbonyl (C=O) groups excluding carboxylic acids is 1. The number of hydrogen-bond donors (Lipinski definition) is 2. The van der Waals surface area contributed by atoms with Gasteiger partial charge in [0.1, 0.15) is 5.60 Å². The molecule has 0 rings (SSSR count). The maximum atomic E-state index is 11.4. The second kappa shape index (κ2) is 8.48. The average Bonchev–Trinajstić information content (AvgIpc) is 2.12. The van der Waals surface area contributed by atoms with E-state index < -0.39 is 0 Å². The zero-order valence-electron chi connectivity index (χ0n) is 11.9. The molecule has 0 amide bonds. The highest BCUT2D eigenvalue weighted by Crippen LogP contribution is 2.07. The first-order chi connectivity index (χ1) is 7.81. The highest BCUT2D eigenvalue weighted by molar-refractivity contribution is 5.70. The topological polar surface area (TPSA) is 50.4 Å². The summed E-state index contributed by atoms with van der Waals surface area (Å²) in [4.78, 5) is 11.4. The van der Waals surface area contributed by atoms with Crippen molar-refractivity contribution in [3.8, 4) is 0 Å². The second-order valence-corrected chi connectivity index (χ2v) is 5.55. The fraction of sp³-hybridized carbons (Fsp3) is 0.923. The lowest BCUT2D eigenvalue weighted by molar-refractivity contribution is -0.154. The van der Waals surface area contributed by atoms with Crippen LogP contribution < -0.4 is 10.6 Å². The van der Waals surface area contributed by atoms with Crippen LogP contribution in [0.3, 0.4) is 0 Å². The van der Waals surface area contributed by atoms with Crippen LogP contribution in [-0.2, 0) is 9.53 Å². The van der Waals surface area contributed by atoms with Crippen molar-refractivity contribution in [1.29, 1.82) is 0 Å². The lowest BCUT2D eigenvalue weighted by atomic mass is 10.2. The van der Waals surface area contributed by atoms with Crippen LogP contribution in [0.5, 0.6) is 0 Å². The van der Waals surface area contributed by atoms with Crippen molar-refractivity contribution in [3.05, 3.63) is 0 Å². The first-order valence-electron chi connectivity index (χ1n) is 6.47. The molecule has 4 nitrogen and oxygen atoms in total. The summed E-state index contributed by atoms with van der Waals surface area (Å²) in [5.74, 6) is -0.134. The third kappa shape index (κ3) is 13.3. The molecule has 0 aromatic carbocycles. The summed E-state index contributed by atoms with van der Waals surface area (Å²) in [6.45, 7) is 12.6. The Balaban J connectivity index is 3.31. The zero-order chi connectivity index (χ0) is 13.3. The molecule has 0 fully saturated rings. The fourth-order valence-electron chi connectivity index (χ4n) is 1.31. The van der Waals surface area contributed by atoms with Crippen LogP contribution in [0.4, 0.5) is 0 Å². The molecule has 0 atom stereocenters. The Labute approximate surface area is 105 Å². The third-order valence-corrected chi connectivity index (χ3v) is 2.01. The van der Waals surface area contributed by atoms with Crippen LogP contribution in [0.2, 0.25) is 0 Å². The summed E-state index contributed by atoms with van der Waals surface area (Å²) >= 11 is 0. The van der Waals surface area contributed by atoms with Gasteiger partial charge in [-0.3, -0.25) is 4.79 Å². The molecule has 17 heavy (non-hydrogen) atoms. The van der Waals surface area contributed by atoms with Gasteiger partial charge in [-0.1, -0.05) is 13.8 Å². The van der Waals surface area contributed by atoms with Gasteiger partial charge in [-0.05, 0) is 40.3 Å². The van der Waals surface area contributed by atoms with Crippen LogP contribution in [0.25, 0.3) is 0 Å². The maximum Gasteiger partial charge on any atom is 0.307 e. The van der Waals surface area contributed by atoms with Crippen LogP contribution >= 0.6 is 0 Å². The molecule has 0 radical (unpaired) electrons. The molecule has 0 saturated carbocycles. The van der Waals surface area contributed by atoms with E-state index in [2.05, 4.69) is 24.5 Å². The second-order valence-electron chi connectivity index (χ2n) is 5.55. The van der Waals surface area contributed by atoms with E-state index in [0.29, 0.717) is 19.0 Å². The standard InChI is InChI=1S/C13H28N2O2/c1-11(2)15-9-6-8-14-10-7-12(16)17-13(3,4)5/h11,14-15H,6-10H2,1-5H3. The normalized spacial score (nSPS) is 11.9. The molecule has 4 heteroatoms. The van der Waals surface area contributed by atoms with E-state index >= 15 is 0 Å². The van der Waals surface area contributed by atoms with Gasteiger partial charge in [0.05, 0.1) is 6.42 Å². The van der Waals surface area contributed by atoms with Crippen molar-refractivity contribution < 1.29 is 9.53 Å². The molecular formula is C13H28N2O2. The van der Waals surface area contributed by atoms with Gasteiger partial charge in [0.2, 0.25) is 0 Å². The summed E-state index contributed by atoms with van der Waals surface area (Å²) in [6, 6.07) is 0.539. The van der Waals surface area contributed by atoms with Gasteiger partial charge in [-0.15, -0.1) is 0 Å². The van der Waals surface area contributed by atoms with Gasteiger partial charge in [0.25, 0.3) is 0 Å². The molecule has 102 valence electrons.